The lowest BCUT2D eigenvalue weighted by molar-refractivity contribution is 0.0948. The van der Waals surface area contributed by atoms with Crippen LogP contribution < -0.4 is 5.32 Å². The number of carbonyl (C=O) groups is 2. The summed E-state index contributed by atoms with van der Waals surface area (Å²) in [6, 6.07) is 20.3. The van der Waals surface area contributed by atoms with Crippen molar-refractivity contribution >= 4 is 21.5 Å². The summed E-state index contributed by atoms with van der Waals surface area (Å²) in [6.45, 7) is 2.49. The Labute approximate surface area is 175 Å². The molecule has 3 aromatic carbocycles. The molecule has 3 aromatic rings. The Morgan fingerprint density at radius 2 is 1.57 bits per heavy atom. The van der Waals surface area contributed by atoms with E-state index >= 15 is 0 Å². The van der Waals surface area contributed by atoms with E-state index in [4.69, 9.17) is 0 Å². The summed E-state index contributed by atoms with van der Waals surface area (Å²) >= 11 is 0. The van der Waals surface area contributed by atoms with Gasteiger partial charge in [-0.15, -0.1) is 0 Å². The Bertz CT molecular complexity index is 1230. The highest BCUT2D eigenvalue weighted by atomic mass is 32.2. The molecule has 0 aliphatic carbocycles. The highest BCUT2D eigenvalue weighted by Gasteiger charge is 2.35. The van der Waals surface area contributed by atoms with Crippen molar-refractivity contribution in [1.29, 1.82) is 0 Å². The van der Waals surface area contributed by atoms with E-state index < -0.39 is 9.84 Å². The van der Waals surface area contributed by atoms with Crippen LogP contribution in [0.3, 0.4) is 0 Å². The van der Waals surface area contributed by atoms with Gasteiger partial charge < -0.3 is 5.32 Å². The molecule has 4 rings (SSSR count). The summed E-state index contributed by atoms with van der Waals surface area (Å²) in [5.74, 6) is -0.559. The van der Waals surface area contributed by atoms with E-state index in [0.717, 1.165) is 12.0 Å². The second kappa shape index (κ2) is 7.88. The first-order valence-corrected chi connectivity index (χ1v) is 11.3. The maximum Gasteiger partial charge on any atom is 0.251 e. The summed E-state index contributed by atoms with van der Waals surface area (Å²) in [5.41, 5.74) is 1.61. The van der Waals surface area contributed by atoms with Crippen molar-refractivity contribution in [3.63, 3.8) is 0 Å². The van der Waals surface area contributed by atoms with Crippen LogP contribution in [0.2, 0.25) is 0 Å². The van der Waals surface area contributed by atoms with Crippen molar-refractivity contribution in [2.24, 2.45) is 0 Å². The van der Waals surface area contributed by atoms with Crippen LogP contribution in [0.4, 0.5) is 0 Å². The number of amides is 1. The summed E-state index contributed by atoms with van der Waals surface area (Å²) in [5, 5.41) is 2.89. The highest BCUT2D eigenvalue weighted by Crippen LogP contribution is 2.34. The van der Waals surface area contributed by atoms with Crippen LogP contribution in [-0.4, -0.2) is 26.7 Å². The first-order valence-electron chi connectivity index (χ1n) is 9.79. The average Bonchev–Trinajstić information content (AvgIpc) is 2.78. The molecule has 0 radical (unpaired) electrons. The number of rotatable bonds is 5. The molecule has 0 spiro atoms. The number of benzene rings is 3. The second-order valence-electron chi connectivity index (χ2n) is 7.27. The summed E-state index contributed by atoms with van der Waals surface area (Å²) in [7, 11) is -3.87. The van der Waals surface area contributed by atoms with Crippen LogP contribution in [0.1, 0.15) is 51.1 Å². The molecule has 152 valence electrons. The number of fused-ring (bicyclic) bond motifs is 2. The number of carbonyl (C=O) groups excluding carboxylic acids is 2. The third-order valence-electron chi connectivity index (χ3n) is 5.47. The number of ketones is 1. The smallest absolute Gasteiger partial charge is 0.251 e. The van der Waals surface area contributed by atoms with Gasteiger partial charge in [0.1, 0.15) is 0 Å². The molecular weight excluding hydrogens is 398 g/mol. The molecule has 0 saturated carbocycles. The van der Waals surface area contributed by atoms with Crippen LogP contribution in [0.15, 0.2) is 82.6 Å². The molecule has 1 atom stereocenters. The van der Waals surface area contributed by atoms with E-state index in [2.05, 4.69) is 12.2 Å². The molecule has 1 amide bonds. The van der Waals surface area contributed by atoms with E-state index in [1.807, 2.05) is 30.3 Å². The first-order chi connectivity index (χ1) is 14.4. The second-order valence-corrected chi connectivity index (χ2v) is 9.15. The van der Waals surface area contributed by atoms with E-state index in [0.29, 0.717) is 6.54 Å². The van der Waals surface area contributed by atoms with Crippen LogP contribution in [-0.2, 0) is 9.84 Å². The van der Waals surface area contributed by atoms with Gasteiger partial charge in [-0.25, -0.2) is 8.42 Å². The van der Waals surface area contributed by atoms with Gasteiger partial charge >= 0.3 is 0 Å². The monoisotopic (exact) mass is 419 g/mol. The van der Waals surface area contributed by atoms with E-state index in [-0.39, 0.29) is 44.1 Å². The Morgan fingerprint density at radius 3 is 2.30 bits per heavy atom. The molecule has 1 heterocycles. The van der Waals surface area contributed by atoms with Crippen molar-refractivity contribution in [3.05, 3.63) is 95.1 Å². The van der Waals surface area contributed by atoms with Gasteiger partial charge in [-0.3, -0.25) is 9.59 Å². The molecule has 0 fully saturated rings. The molecule has 1 aliphatic heterocycles. The van der Waals surface area contributed by atoms with Crippen LogP contribution in [0.25, 0.3) is 0 Å². The van der Waals surface area contributed by atoms with E-state index in [1.165, 1.54) is 30.3 Å². The van der Waals surface area contributed by atoms with Crippen LogP contribution in [0.5, 0.6) is 0 Å². The zero-order valence-electron chi connectivity index (χ0n) is 16.5. The fourth-order valence-electron chi connectivity index (χ4n) is 3.77. The quantitative estimate of drug-likeness (QED) is 0.530. The molecule has 1 aliphatic rings. The lowest BCUT2D eigenvalue weighted by Crippen LogP contribution is -2.29. The third kappa shape index (κ3) is 3.44. The molecular formula is C24H21NO4S. The largest absolute Gasteiger partial charge is 0.351 e. The van der Waals surface area contributed by atoms with Crippen LogP contribution in [0, 0.1) is 0 Å². The van der Waals surface area contributed by atoms with Gasteiger partial charge in [-0.1, -0.05) is 49.4 Å². The maximum absolute atomic E-state index is 13.0. The summed E-state index contributed by atoms with van der Waals surface area (Å²) in [6.07, 6.45) is 0.855. The van der Waals surface area contributed by atoms with Gasteiger partial charge in [-0.05, 0) is 42.3 Å². The highest BCUT2D eigenvalue weighted by molar-refractivity contribution is 7.91. The van der Waals surface area contributed by atoms with Crippen LogP contribution >= 0.6 is 0 Å². The molecule has 5 nitrogen and oxygen atoms in total. The fourth-order valence-corrected chi connectivity index (χ4v) is 5.44. The maximum atomic E-state index is 13.0. The van der Waals surface area contributed by atoms with Crippen molar-refractivity contribution in [2.45, 2.75) is 29.1 Å². The molecule has 1 N–H and O–H groups in total. The minimum atomic E-state index is -3.87. The molecule has 30 heavy (non-hydrogen) atoms. The van der Waals surface area contributed by atoms with Crippen molar-refractivity contribution in [2.75, 3.05) is 6.54 Å². The Morgan fingerprint density at radius 1 is 0.900 bits per heavy atom. The Hall–Kier alpha value is -3.25. The minimum absolute atomic E-state index is 0.0183. The average molecular weight is 420 g/mol. The third-order valence-corrected chi connectivity index (χ3v) is 7.32. The summed E-state index contributed by atoms with van der Waals surface area (Å²) in [4.78, 5) is 25.3. The molecule has 1 unspecified atom stereocenters. The van der Waals surface area contributed by atoms with Gasteiger partial charge in [0.05, 0.1) is 9.79 Å². The minimum Gasteiger partial charge on any atom is -0.351 e. The molecule has 6 heteroatoms. The van der Waals surface area contributed by atoms with Gasteiger partial charge in [0.25, 0.3) is 5.91 Å². The lowest BCUT2D eigenvalue weighted by atomic mass is 9.96. The molecule has 0 aromatic heterocycles. The number of hydrogen-bond acceptors (Lipinski definition) is 4. The Balaban J connectivity index is 1.61. The van der Waals surface area contributed by atoms with Gasteiger partial charge in [0.15, 0.2) is 5.78 Å². The molecule has 0 saturated heterocycles. The fraction of sp³-hybridized carbons (Fsp3) is 0.167. The van der Waals surface area contributed by atoms with Crippen molar-refractivity contribution in [3.8, 4) is 0 Å². The number of hydrogen-bond donors (Lipinski definition) is 1. The zero-order chi connectivity index (χ0) is 21.3. The van der Waals surface area contributed by atoms with Gasteiger partial charge in [-0.2, -0.15) is 0 Å². The predicted octanol–water partition coefficient (Wildman–Crippen LogP) is 3.99. The predicted molar refractivity (Wildman–Crippen MR) is 114 cm³/mol. The van der Waals surface area contributed by atoms with E-state index in [9.17, 15) is 18.0 Å². The Kier molecular flexibility index (Phi) is 5.26. The van der Waals surface area contributed by atoms with Crippen molar-refractivity contribution < 1.29 is 18.0 Å². The number of sulfone groups is 1. The standard InChI is InChI=1S/C24H21NO4S/c1-2-16(17-8-4-3-5-9-17)15-25-24(27)18-12-13-20-22(14-18)30(28,29)21-11-7-6-10-19(21)23(20)26/h3-14,16H,2,15H2,1H3,(H,25,27). The van der Waals surface area contributed by atoms with E-state index in [1.54, 1.807) is 12.1 Å². The lowest BCUT2D eigenvalue weighted by Gasteiger charge is -2.20. The normalized spacial score (nSPS) is 15.0. The van der Waals surface area contributed by atoms with Crippen molar-refractivity contribution in [1.82, 2.24) is 5.32 Å². The zero-order valence-corrected chi connectivity index (χ0v) is 17.3. The van der Waals surface area contributed by atoms with Gasteiger partial charge in [0, 0.05) is 29.2 Å². The topological polar surface area (TPSA) is 80.3 Å². The SMILES string of the molecule is CCC(CNC(=O)c1ccc2c(c1)S(=O)(=O)c1ccccc1C2=O)c1ccccc1. The summed E-state index contributed by atoms with van der Waals surface area (Å²) < 4.78 is 26.1. The first kappa shape index (κ1) is 20.0. The van der Waals surface area contributed by atoms with Gasteiger partial charge in [0.2, 0.25) is 9.84 Å². The molecule has 0 bridgehead atoms. The number of nitrogens with one attached hydrogen (secondary N) is 1.